The lowest BCUT2D eigenvalue weighted by molar-refractivity contribution is 0.267. The third-order valence-electron chi connectivity index (χ3n) is 3.25. The van der Waals surface area contributed by atoms with Gasteiger partial charge in [0, 0.05) is 10.6 Å². The predicted octanol–water partition coefficient (Wildman–Crippen LogP) is 3.37. The number of aliphatic hydroxyl groups is 1. The first-order valence-electron chi connectivity index (χ1n) is 6.18. The zero-order valence-electron chi connectivity index (χ0n) is 10.6. The Labute approximate surface area is 120 Å². The van der Waals surface area contributed by atoms with Gasteiger partial charge in [-0.3, -0.25) is 0 Å². The average molecular weight is 291 g/mol. The summed E-state index contributed by atoms with van der Waals surface area (Å²) in [6, 6.07) is 12.1. The van der Waals surface area contributed by atoms with Crippen LogP contribution in [-0.2, 0) is 13.2 Å². The molecule has 3 aromatic rings. The van der Waals surface area contributed by atoms with Crippen LogP contribution in [-0.4, -0.2) is 14.7 Å². The number of benzene rings is 2. The second-order valence-electron chi connectivity index (χ2n) is 4.46. The van der Waals surface area contributed by atoms with E-state index in [0.717, 1.165) is 11.0 Å². The molecule has 0 fully saturated rings. The van der Waals surface area contributed by atoms with Crippen LogP contribution in [0.4, 0.5) is 4.39 Å². The molecule has 0 spiro atoms. The van der Waals surface area contributed by atoms with Crippen LogP contribution in [0.5, 0.6) is 0 Å². The van der Waals surface area contributed by atoms with Gasteiger partial charge >= 0.3 is 0 Å². The molecule has 0 bridgehead atoms. The predicted molar refractivity (Wildman–Crippen MR) is 76.2 cm³/mol. The lowest BCUT2D eigenvalue weighted by Crippen LogP contribution is -2.07. The van der Waals surface area contributed by atoms with Gasteiger partial charge in [0.05, 0.1) is 17.6 Å². The molecule has 0 radical (unpaired) electrons. The fourth-order valence-corrected chi connectivity index (χ4v) is 2.49. The lowest BCUT2D eigenvalue weighted by Gasteiger charge is -2.10. The minimum Gasteiger partial charge on any atom is -0.388 e. The summed E-state index contributed by atoms with van der Waals surface area (Å²) in [4.78, 5) is 4.33. The molecule has 3 nitrogen and oxygen atoms in total. The van der Waals surface area contributed by atoms with Gasteiger partial charge in [0.25, 0.3) is 0 Å². The second kappa shape index (κ2) is 5.23. The Bertz CT molecular complexity index is 749. The number of nitrogens with zero attached hydrogens (tertiary/aromatic N) is 2. The molecular weight excluding hydrogens is 279 g/mol. The summed E-state index contributed by atoms with van der Waals surface area (Å²) in [5.74, 6) is 0.129. The Morgan fingerprint density at radius 2 is 1.95 bits per heavy atom. The molecule has 102 valence electrons. The lowest BCUT2D eigenvalue weighted by atomic mass is 10.2. The maximum atomic E-state index is 13.9. The summed E-state index contributed by atoms with van der Waals surface area (Å²) in [6.07, 6.45) is 0. The highest BCUT2D eigenvalue weighted by Crippen LogP contribution is 2.23. The smallest absolute Gasteiger partial charge is 0.136 e. The van der Waals surface area contributed by atoms with E-state index in [2.05, 4.69) is 4.98 Å². The monoisotopic (exact) mass is 290 g/mol. The number of para-hydroxylation sites is 2. The van der Waals surface area contributed by atoms with Gasteiger partial charge < -0.3 is 9.67 Å². The Balaban J connectivity index is 2.15. The Morgan fingerprint density at radius 1 is 1.15 bits per heavy atom. The van der Waals surface area contributed by atoms with Crippen molar-refractivity contribution in [3.05, 3.63) is 64.7 Å². The number of halogens is 2. The van der Waals surface area contributed by atoms with E-state index in [1.165, 1.54) is 6.07 Å². The molecule has 0 amide bonds. The molecule has 20 heavy (non-hydrogen) atoms. The van der Waals surface area contributed by atoms with Gasteiger partial charge in [-0.05, 0) is 24.3 Å². The minimum absolute atomic E-state index is 0.208. The van der Waals surface area contributed by atoms with Gasteiger partial charge in [-0.1, -0.05) is 29.8 Å². The van der Waals surface area contributed by atoms with Gasteiger partial charge in [0.15, 0.2) is 0 Å². The average Bonchev–Trinajstić information content (AvgIpc) is 2.81. The van der Waals surface area contributed by atoms with Crippen LogP contribution in [0.15, 0.2) is 42.5 Å². The highest BCUT2D eigenvalue weighted by molar-refractivity contribution is 6.31. The molecule has 0 atom stereocenters. The molecule has 0 saturated heterocycles. The maximum Gasteiger partial charge on any atom is 0.136 e. The number of fused-ring (bicyclic) bond motifs is 1. The molecule has 2 aromatic carbocycles. The molecule has 0 aliphatic heterocycles. The van der Waals surface area contributed by atoms with Crippen molar-refractivity contribution in [2.75, 3.05) is 0 Å². The number of aromatic nitrogens is 2. The van der Waals surface area contributed by atoms with E-state index in [4.69, 9.17) is 11.6 Å². The van der Waals surface area contributed by atoms with Crippen molar-refractivity contribution < 1.29 is 9.50 Å². The summed E-state index contributed by atoms with van der Waals surface area (Å²) in [6.45, 7) is 0.0304. The zero-order valence-corrected chi connectivity index (χ0v) is 11.3. The van der Waals surface area contributed by atoms with E-state index < -0.39 is 0 Å². The molecule has 5 heteroatoms. The normalized spacial score (nSPS) is 11.2. The molecule has 3 rings (SSSR count). The molecule has 0 aliphatic rings. The van der Waals surface area contributed by atoms with Crippen molar-refractivity contribution >= 4 is 22.6 Å². The molecule has 0 saturated carbocycles. The Morgan fingerprint density at radius 3 is 2.70 bits per heavy atom. The first-order chi connectivity index (χ1) is 9.70. The van der Waals surface area contributed by atoms with Crippen molar-refractivity contribution in [3.63, 3.8) is 0 Å². The van der Waals surface area contributed by atoms with Crippen molar-refractivity contribution in [2.24, 2.45) is 0 Å². The number of hydrogen-bond acceptors (Lipinski definition) is 2. The van der Waals surface area contributed by atoms with Crippen molar-refractivity contribution in [1.29, 1.82) is 0 Å². The zero-order chi connectivity index (χ0) is 14.1. The first kappa shape index (κ1) is 13.1. The highest BCUT2D eigenvalue weighted by Gasteiger charge is 2.13. The largest absolute Gasteiger partial charge is 0.388 e. The van der Waals surface area contributed by atoms with Gasteiger partial charge in [0.2, 0.25) is 0 Å². The van der Waals surface area contributed by atoms with E-state index in [9.17, 15) is 9.50 Å². The topological polar surface area (TPSA) is 38.1 Å². The van der Waals surface area contributed by atoms with Gasteiger partial charge in [-0.25, -0.2) is 9.37 Å². The summed E-state index contributed by atoms with van der Waals surface area (Å²) < 4.78 is 15.7. The fraction of sp³-hybridized carbons (Fsp3) is 0.133. The molecule has 0 aliphatic carbocycles. The van der Waals surface area contributed by atoms with Crippen molar-refractivity contribution in [3.8, 4) is 0 Å². The van der Waals surface area contributed by atoms with Crippen LogP contribution in [0.2, 0.25) is 5.02 Å². The third-order valence-corrected chi connectivity index (χ3v) is 3.61. The second-order valence-corrected chi connectivity index (χ2v) is 4.87. The molecule has 0 unspecified atom stereocenters. The summed E-state index contributed by atoms with van der Waals surface area (Å²) in [5, 5.41) is 9.79. The quantitative estimate of drug-likeness (QED) is 0.803. The number of hydrogen-bond donors (Lipinski definition) is 1. The Hall–Kier alpha value is -1.91. The van der Waals surface area contributed by atoms with Crippen LogP contribution in [0.1, 0.15) is 11.4 Å². The highest BCUT2D eigenvalue weighted by atomic mass is 35.5. The third kappa shape index (κ3) is 2.17. The molecule has 1 aromatic heterocycles. The number of imidazole rings is 1. The van der Waals surface area contributed by atoms with Crippen LogP contribution in [0, 0.1) is 5.82 Å². The SMILES string of the molecule is OCc1nc2ccccc2n1Cc1c(F)cccc1Cl. The summed E-state index contributed by atoms with van der Waals surface area (Å²) >= 11 is 6.06. The van der Waals surface area contributed by atoms with E-state index in [0.29, 0.717) is 16.4 Å². The van der Waals surface area contributed by atoms with Crippen molar-refractivity contribution in [1.82, 2.24) is 9.55 Å². The maximum absolute atomic E-state index is 13.9. The van der Waals surface area contributed by atoms with E-state index in [1.54, 1.807) is 16.7 Å². The van der Waals surface area contributed by atoms with Crippen LogP contribution < -0.4 is 0 Å². The van der Waals surface area contributed by atoms with E-state index in [1.807, 2.05) is 24.3 Å². The first-order valence-corrected chi connectivity index (χ1v) is 6.56. The van der Waals surface area contributed by atoms with Crippen molar-refractivity contribution in [2.45, 2.75) is 13.2 Å². The van der Waals surface area contributed by atoms with Gasteiger partial charge in [0.1, 0.15) is 18.2 Å². The number of rotatable bonds is 3. The van der Waals surface area contributed by atoms with Gasteiger partial charge in [-0.2, -0.15) is 0 Å². The van der Waals surface area contributed by atoms with E-state index >= 15 is 0 Å². The van der Waals surface area contributed by atoms with Crippen LogP contribution in [0.3, 0.4) is 0 Å². The summed E-state index contributed by atoms with van der Waals surface area (Å²) in [5.41, 5.74) is 2.01. The Kier molecular flexibility index (Phi) is 3.42. The molecule has 1 heterocycles. The van der Waals surface area contributed by atoms with Crippen LogP contribution >= 0.6 is 11.6 Å². The molecular formula is C15H12ClFN2O. The van der Waals surface area contributed by atoms with Crippen LogP contribution in [0.25, 0.3) is 11.0 Å². The number of aliphatic hydroxyl groups excluding tert-OH is 1. The minimum atomic E-state index is -0.362. The molecule has 1 N–H and O–H groups in total. The standard InChI is InChI=1S/C15H12ClFN2O/c16-11-4-3-5-12(17)10(11)8-19-14-7-2-1-6-13(14)18-15(19)9-20/h1-7,20H,8-9H2. The van der Waals surface area contributed by atoms with Gasteiger partial charge in [-0.15, -0.1) is 0 Å². The fourth-order valence-electron chi connectivity index (χ4n) is 2.26. The summed E-state index contributed by atoms with van der Waals surface area (Å²) in [7, 11) is 0. The van der Waals surface area contributed by atoms with E-state index in [-0.39, 0.29) is 19.0 Å².